The van der Waals surface area contributed by atoms with Crippen LogP contribution in [0.2, 0.25) is 0 Å². The minimum absolute atomic E-state index is 0.0348. The maximum absolute atomic E-state index is 12.8. The summed E-state index contributed by atoms with van der Waals surface area (Å²) < 4.78 is 0. The van der Waals surface area contributed by atoms with Gasteiger partial charge in [-0.05, 0) is 45.4 Å². The van der Waals surface area contributed by atoms with E-state index in [0.29, 0.717) is 11.4 Å². The first kappa shape index (κ1) is 28.4. The third-order valence-corrected chi connectivity index (χ3v) is 7.25. The first-order valence-corrected chi connectivity index (χ1v) is 13.9. The summed E-state index contributed by atoms with van der Waals surface area (Å²) in [6.45, 7) is 6.29. The number of benzene rings is 4. The number of carboxylic acid groups (broad SMARTS) is 1. The molecule has 4 aromatic carbocycles. The molecule has 0 fully saturated rings. The Morgan fingerprint density at radius 2 is 1.21 bits per heavy atom. The zero-order valence-electron chi connectivity index (χ0n) is 23.9. The van der Waals surface area contributed by atoms with Crippen LogP contribution in [0.4, 0.5) is 0 Å². The number of hydrogen-bond acceptors (Lipinski definition) is 4. The molecule has 0 aliphatic rings. The van der Waals surface area contributed by atoms with Crippen LogP contribution < -0.4 is 5.32 Å². The summed E-state index contributed by atoms with van der Waals surface area (Å²) in [4.78, 5) is 33.8. The first-order valence-electron chi connectivity index (χ1n) is 13.9. The Labute approximate surface area is 246 Å². The second kappa shape index (κ2) is 12.2. The predicted octanol–water partition coefficient (Wildman–Crippen LogP) is 7.20. The van der Waals surface area contributed by atoms with Gasteiger partial charge in [0.1, 0.15) is 6.04 Å². The van der Waals surface area contributed by atoms with Crippen LogP contribution in [-0.4, -0.2) is 33.0 Å². The summed E-state index contributed by atoms with van der Waals surface area (Å²) in [5, 5.41) is 12.4. The van der Waals surface area contributed by atoms with E-state index in [9.17, 15) is 14.7 Å². The van der Waals surface area contributed by atoms with Gasteiger partial charge in [0.05, 0.1) is 0 Å². The SMILES string of the molecule is CC(C)(C)c1ccc(C(=O)N[C@@H](Cc2ccc(-c3ncc(-c4ccc(-c5ccccc5)cc4)cn3)cc2)C(=O)O)cc1. The maximum atomic E-state index is 12.8. The molecular weight excluding hydrogens is 522 g/mol. The molecule has 6 nitrogen and oxygen atoms in total. The highest BCUT2D eigenvalue weighted by molar-refractivity contribution is 5.96. The van der Waals surface area contributed by atoms with Crippen LogP contribution in [0.15, 0.2) is 116 Å². The molecule has 0 radical (unpaired) electrons. The summed E-state index contributed by atoms with van der Waals surface area (Å²) in [6, 6.07) is 32.2. The van der Waals surface area contributed by atoms with Crippen LogP contribution in [0.3, 0.4) is 0 Å². The van der Waals surface area contributed by atoms with Crippen molar-refractivity contribution in [3.8, 4) is 33.6 Å². The fraction of sp³-hybridized carbons (Fsp3) is 0.167. The van der Waals surface area contributed by atoms with Gasteiger partial charge in [0.2, 0.25) is 0 Å². The van der Waals surface area contributed by atoms with E-state index in [1.165, 1.54) is 5.56 Å². The second-order valence-corrected chi connectivity index (χ2v) is 11.3. The number of nitrogens with one attached hydrogen (secondary N) is 1. The summed E-state index contributed by atoms with van der Waals surface area (Å²) in [6.07, 6.45) is 3.76. The minimum atomic E-state index is -1.09. The molecule has 5 rings (SSSR count). The van der Waals surface area contributed by atoms with Crippen molar-refractivity contribution in [3.63, 3.8) is 0 Å². The molecule has 0 bridgehead atoms. The molecule has 2 N–H and O–H groups in total. The zero-order chi connectivity index (χ0) is 29.7. The zero-order valence-corrected chi connectivity index (χ0v) is 23.9. The number of carbonyl (C=O) groups excluding carboxylic acids is 1. The van der Waals surface area contributed by atoms with Gasteiger partial charge in [0, 0.05) is 35.5 Å². The molecule has 5 aromatic rings. The standard InChI is InChI=1S/C36H33N3O3/c1-36(2,3)31-19-17-29(18-20-31)34(40)39-32(35(41)42)21-24-9-11-28(12-10-24)33-37-22-30(23-38-33)27-15-13-26(14-16-27)25-7-5-4-6-8-25/h4-20,22-23,32H,21H2,1-3H3,(H,39,40)(H,41,42)/t32-/m0/s1. The van der Waals surface area contributed by atoms with Crippen molar-refractivity contribution in [2.75, 3.05) is 0 Å². The van der Waals surface area contributed by atoms with Crippen molar-refractivity contribution >= 4 is 11.9 Å². The van der Waals surface area contributed by atoms with Gasteiger partial charge in [0.15, 0.2) is 5.82 Å². The topological polar surface area (TPSA) is 92.2 Å². The van der Waals surface area contributed by atoms with E-state index in [2.05, 4.69) is 72.5 Å². The Hall–Kier alpha value is -5.10. The number of hydrogen-bond donors (Lipinski definition) is 2. The van der Waals surface area contributed by atoms with Crippen LogP contribution in [0, 0.1) is 0 Å². The van der Waals surface area contributed by atoms with Gasteiger partial charge in [-0.15, -0.1) is 0 Å². The molecule has 1 atom stereocenters. The highest BCUT2D eigenvalue weighted by Gasteiger charge is 2.22. The molecule has 0 aliphatic carbocycles. The third-order valence-electron chi connectivity index (χ3n) is 7.25. The molecule has 1 heterocycles. The molecular formula is C36H33N3O3. The number of aromatic nitrogens is 2. The van der Waals surface area contributed by atoms with Crippen molar-refractivity contribution in [2.45, 2.75) is 38.6 Å². The lowest BCUT2D eigenvalue weighted by molar-refractivity contribution is -0.139. The lowest BCUT2D eigenvalue weighted by atomic mass is 9.86. The average Bonchev–Trinajstić information content (AvgIpc) is 3.01. The number of amides is 1. The summed E-state index contributed by atoms with van der Waals surface area (Å²) >= 11 is 0. The largest absolute Gasteiger partial charge is 0.480 e. The van der Waals surface area contributed by atoms with E-state index in [4.69, 9.17) is 0 Å². The van der Waals surface area contributed by atoms with Crippen LogP contribution in [0.1, 0.15) is 42.3 Å². The Balaban J connectivity index is 1.22. The average molecular weight is 556 g/mol. The maximum Gasteiger partial charge on any atom is 0.326 e. The quantitative estimate of drug-likeness (QED) is 0.211. The van der Waals surface area contributed by atoms with E-state index < -0.39 is 17.9 Å². The van der Waals surface area contributed by atoms with Gasteiger partial charge in [-0.1, -0.05) is 112 Å². The van der Waals surface area contributed by atoms with Gasteiger partial charge in [-0.25, -0.2) is 14.8 Å². The van der Waals surface area contributed by atoms with Crippen molar-refractivity contribution in [2.24, 2.45) is 0 Å². The molecule has 1 amide bonds. The van der Waals surface area contributed by atoms with Gasteiger partial charge >= 0.3 is 5.97 Å². The number of rotatable bonds is 8. The molecule has 42 heavy (non-hydrogen) atoms. The third kappa shape index (κ3) is 6.78. The minimum Gasteiger partial charge on any atom is -0.480 e. The Morgan fingerprint density at radius 1 is 0.690 bits per heavy atom. The lowest BCUT2D eigenvalue weighted by Gasteiger charge is -2.19. The van der Waals surface area contributed by atoms with E-state index in [0.717, 1.165) is 33.4 Å². The number of aliphatic carboxylic acids is 1. The monoisotopic (exact) mass is 555 g/mol. The van der Waals surface area contributed by atoms with E-state index >= 15 is 0 Å². The Bertz CT molecular complexity index is 1660. The van der Waals surface area contributed by atoms with E-state index in [1.54, 1.807) is 24.5 Å². The van der Waals surface area contributed by atoms with E-state index in [1.807, 2.05) is 54.6 Å². The second-order valence-electron chi connectivity index (χ2n) is 11.3. The van der Waals surface area contributed by atoms with Crippen LogP contribution in [-0.2, 0) is 16.6 Å². The van der Waals surface area contributed by atoms with Crippen molar-refractivity contribution < 1.29 is 14.7 Å². The van der Waals surface area contributed by atoms with Crippen molar-refractivity contribution in [1.82, 2.24) is 15.3 Å². The lowest BCUT2D eigenvalue weighted by Crippen LogP contribution is -2.42. The highest BCUT2D eigenvalue weighted by Crippen LogP contribution is 2.26. The van der Waals surface area contributed by atoms with Gasteiger partial charge in [0.25, 0.3) is 5.91 Å². The summed E-state index contributed by atoms with van der Waals surface area (Å²) in [7, 11) is 0. The smallest absolute Gasteiger partial charge is 0.326 e. The summed E-state index contributed by atoms with van der Waals surface area (Å²) in [5.74, 6) is -0.926. The fourth-order valence-corrected chi connectivity index (χ4v) is 4.70. The van der Waals surface area contributed by atoms with Crippen LogP contribution in [0.25, 0.3) is 33.6 Å². The molecule has 0 saturated carbocycles. The molecule has 0 saturated heterocycles. The predicted molar refractivity (Wildman–Crippen MR) is 166 cm³/mol. The van der Waals surface area contributed by atoms with Gasteiger partial charge in [-0.2, -0.15) is 0 Å². The van der Waals surface area contributed by atoms with E-state index in [-0.39, 0.29) is 11.8 Å². The van der Waals surface area contributed by atoms with Crippen molar-refractivity contribution in [3.05, 3.63) is 132 Å². The van der Waals surface area contributed by atoms with Crippen molar-refractivity contribution in [1.29, 1.82) is 0 Å². The summed E-state index contributed by atoms with van der Waals surface area (Å²) in [5.41, 5.74) is 7.36. The molecule has 0 aliphatic heterocycles. The Morgan fingerprint density at radius 3 is 1.76 bits per heavy atom. The van der Waals surface area contributed by atoms with Crippen LogP contribution in [0.5, 0.6) is 0 Å². The number of carboxylic acids is 1. The molecule has 0 spiro atoms. The molecule has 1 aromatic heterocycles. The van der Waals surface area contributed by atoms with Crippen LogP contribution >= 0.6 is 0 Å². The normalized spacial score (nSPS) is 12.0. The molecule has 0 unspecified atom stereocenters. The van der Waals surface area contributed by atoms with Gasteiger partial charge in [-0.3, -0.25) is 4.79 Å². The van der Waals surface area contributed by atoms with Gasteiger partial charge < -0.3 is 10.4 Å². The molecule has 6 heteroatoms. The fourth-order valence-electron chi connectivity index (χ4n) is 4.70. The highest BCUT2D eigenvalue weighted by atomic mass is 16.4. The number of nitrogens with zero attached hydrogens (tertiary/aromatic N) is 2. The first-order chi connectivity index (χ1) is 20.2. The number of carbonyl (C=O) groups is 2. The molecule has 210 valence electrons. The Kier molecular flexibility index (Phi) is 8.25.